The first kappa shape index (κ1) is 17.2. The Morgan fingerprint density at radius 2 is 1.82 bits per heavy atom. The molecule has 0 aliphatic carbocycles. The molecule has 0 spiro atoms. The lowest BCUT2D eigenvalue weighted by Gasteiger charge is -2.10. The number of carbonyl (C=O) groups is 1. The standard InChI is InChI=1S/C11H17Cl2NOS2/c1-7(2)10(13)17-11(8(3)12)14-9(15)5-6-16-4/h5-6H2,1-4H3,(H,14,15)/b11-8+. The van der Waals surface area contributed by atoms with Gasteiger partial charge in [0.05, 0.1) is 9.39 Å². The maximum Gasteiger partial charge on any atom is 0.225 e. The third-order valence-corrected chi connectivity index (χ3v) is 4.41. The molecule has 0 unspecified atom stereocenters. The van der Waals surface area contributed by atoms with Gasteiger partial charge in [-0.1, -0.05) is 40.5 Å². The van der Waals surface area contributed by atoms with Gasteiger partial charge in [0.25, 0.3) is 0 Å². The van der Waals surface area contributed by atoms with E-state index in [-0.39, 0.29) is 5.91 Å². The van der Waals surface area contributed by atoms with Crippen LogP contribution in [-0.2, 0) is 4.79 Å². The van der Waals surface area contributed by atoms with E-state index in [1.165, 1.54) is 11.8 Å². The van der Waals surface area contributed by atoms with E-state index < -0.39 is 0 Å². The van der Waals surface area contributed by atoms with Crippen molar-refractivity contribution in [3.63, 3.8) is 0 Å². The van der Waals surface area contributed by atoms with Crippen LogP contribution in [0.4, 0.5) is 0 Å². The summed E-state index contributed by atoms with van der Waals surface area (Å²) in [5, 5.41) is 3.91. The van der Waals surface area contributed by atoms with Gasteiger partial charge in [-0.05, 0) is 27.0 Å². The Balaban J connectivity index is 4.54. The summed E-state index contributed by atoms with van der Waals surface area (Å²) in [5.74, 6) is 0.752. The van der Waals surface area contributed by atoms with Gasteiger partial charge in [-0.2, -0.15) is 11.8 Å². The SMILES string of the molecule is CSCCC(=O)N/C(SC(Cl)=C(C)C)=C(/C)Cl. The molecule has 0 bridgehead atoms. The topological polar surface area (TPSA) is 29.1 Å². The van der Waals surface area contributed by atoms with Crippen LogP contribution in [0.5, 0.6) is 0 Å². The van der Waals surface area contributed by atoms with Crippen molar-refractivity contribution in [3.05, 3.63) is 20.0 Å². The third kappa shape index (κ3) is 8.03. The number of thioether (sulfide) groups is 2. The van der Waals surface area contributed by atoms with Crippen LogP contribution in [0.15, 0.2) is 20.0 Å². The highest BCUT2D eigenvalue weighted by Gasteiger charge is 2.10. The molecule has 0 saturated carbocycles. The molecule has 0 rings (SSSR count). The van der Waals surface area contributed by atoms with Crippen LogP contribution in [-0.4, -0.2) is 17.9 Å². The average molecular weight is 314 g/mol. The normalized spacial score (nSPS) is 11.9. The van der Waals surface area contributed by atoms with Crippen molar-refractivity contribution in [2.45, 2.75) is 27.2 Å². The largest absolute Gasteiger partial charge is 0.319 e. The number of carbonyl (C=O) groups excluding carboxylic acids is 1. The highest BCUT2D eigenvalue weighted by atomic mass is 35.5. The number of halogens is 2. The molecule has 1 amide bonds. The molecular weight excluding hydrogens is 297 g/mol. The van der Waals surface area contributed by atoms with Gasteiger partial charge < -0.3 is 5.32 Å². The molecule has 0 aromatic carbocycles. The van der Waals surface area contributed by atoms with Crippen molar-refractivity contribution >= 4 is 52.6 Å². The highest BCUT2D eigenvalue weighted by molar-refractivity contribution is 8.08. The van der Waals surface area contributed by atoms with Gasteiger partial charge in [0, 0.05) is 17.2 Å². The summed E-state index contributed by atoms with van der Waals surface area (Å²) in [6.45, 7) is 5.55. The van der Waals surface area contributed by atoms with Gasteiger partial charge in [0.1, 0.15) is 0 Å². The fourth-order valence-electron chi connectivity index (χ4n) is 0.758. The van der Waals surface area contributed by atoms with E-state index in [4.69, 9.17) is 23.2 Å². The van der Waals surface area contributed by atoms with Crippen LogP contribution in [0, 0.1) is 0 Å². The molecule has 0 heterocycles. The summed E-state index contributed by atoms with van der Waals surface area (Å²) in [6.07, 6.45) is 2.44. The Morgan fingerprint density at radius 1 is 1.24 bits per heavy atom. The molecule has 0 atom stereocenters. The Hall–Kier alpha value is 0.230. The maximum atomic E-state index is 11.6. The van der Waals surface area contributed by atoms with Crippen LogP contribution < -0.4 is 5.32 Å². The van der Waals surface area contributed by atoms with Crippen molar-refractivity contribution in [1.29, 1.82) is 0 Å². The molecular formula is C11H17Cl2NOS2. The number of rotatable bonds is 6. The minimum absolute atomic E-state index is 0.0416. The molecule has 98 valence electrons. The number of amides is 1. The summed E-state index contributed by atoms with van der Waals surface area (Å²) < 4.78 is 0.630. The number of hydrogen-bond donors (Lipinski definition) is 1. The Morgan fingerprint density at radius 3 is 2.24 bits per heavy atom. The van der Waals surface area contributed by atoms with Gasteiger partial charge in [-0.3, -0.25) is 4.79 Å². The van der Waals surface area contributed by atoms with E-state index in [0.717, 1.165) is 11.3 Å². The van der Waals surface area contributed by atoms with Crippen molar-refractivity contribution in [1.82, 2.24) is 5.32 Å². The van der Waals surface area contributed by atoms with E-state index in [1.807, 2.05) is 20.1 Å². The number of hydrogen-bond acceptors (Lipinski definition) is 3. The predicted octanol–water partition coefficient (Wildman–Crippen LogP) is 4.51. The second-order valence-corrected chi connectivity index (χ2v) is 6.70. The molecule has 1 N–H and O–H groups in total. The lowest BCUT2D eigenvalue weighted by atomic mass is 10.4. The first-order valence-electron chi connectivity index (χ1n) is 5.04. The Bertz CT molecular complexity index is 332. The smallest absolute Gasteiger partial charge is 0.225 e. The van der Waals surface area contributed by atoms with Crippen LogP contribution in [0.3, 0.4) is 0 Å². The lowest BCUT2D eigenvalue weighted by Crippen LogP contribution is -2.22. The fraction of sp³-hybridized carbons (Fsp3) is 0.545. The van der Waals surface area contributed by atoms with Gasteiger partial charge in [0.2, 0.25) is 5.91 Å². The van der Waals surface area contributed by atoms with Gasteiger partial charge in [0.15, 0.2) is 0 Å². The lowest BCUT2D eigenvalue weighted by molar-refractivity contribution is -0.119. The number of allylic oxidation sites excluding steroid dienone is 2. The highest BCUT2D eigenvalue weighted by Crippen LogP contribution is 2.32. The van der Waals surface area contributed by atoms with Crippen LogP contribution in [0.1, 0.15) is 27.2 Å². The second-order valence-electron chi connectivity index (χ2n) is 3.53. The monoisotopic (exact) mass is 313 g/mol. The average Bonchev–Trinajstić information content (AvgIpc) is 2.24. The molecule has 0 aliphatic rings. The minimum atomic E-state index is -0.0416. The zero-order chi connectivity index (χ0) is 13.4. The molecule has 0 saturated heterocycles. The van der Waals surface area contributed by atoms with Crippen molar-refractivity contribution in [3.8, 4) is 0 Å². The third-order valence-electron chi connectivity index (χ3n) is 1.68. The molecule has 6 heteroatoms. The quantitative estimate of drug-likeness (QED) is 0.782. The van der Waals surface area contributed by atoms with Crippen LogP contribution >= 0.6 is 46.7 Å². The Labute approximate surface area is 122 Å². The van der Waals surface area contributed by atoms with Gasteiger partial charge in [-0.25, -0.2) is 0 Å². The molecule has 17 heavy (non-hydrogen) atoms. The molecule has 0 aromatic heterocycles. The summed E-state index contributed by atoms with van der Waals surface area (Å²) in [5.41, 5.74) is 0.991. The summed E-state index contributed by atoms with van der Waals surface area (Å²) in [4.78, 5) is 11.6. The van der Waals surface area contributed by atoms with Crippen molar-refractivity contribution < 1.29 is 4.79 Å². The van der Waals surface area contributed by atoms with E-state index >= 15 is 0 Å². The van der Waals surface area contributed by atoms with Crippen molar-refractivity contribution in [2.24, 2.45) is 0 Å². The molecule has 0 aromatic rings. The second kappa shape index (κ2) is 9.20. The number of nitrogens with one attached hydrogen (secondary N) is 1. The minimum Gasteiger partial charge on any atom is -0.319 e. The fourth-order valence-corrected chi connectivity index (χ4v) is 2.23. The summed E-state index contributed by atoms with van der Waals surface area (Å²) in [6, 6.07) is 0. The summed E-state index contributed by atoms with van der Waals surface area (Å²) in [7, 11) is 0. The van der Waals surface area contributed by atoms with Crippen molar-refractivity contribution in [2.75, 3.05) is 12.0 Å². The predicted molar refractivity (Wildman–Crippen MR) is 81.5 cm³/mol. The van der Waals surface area contributed by atoms with Crippen LogP contribution in [0.25, 0.3) is 0 Å². The first-order chi connectivity index (χ1) is 7.88. The van der Waals surface area contributed by atoms with Crippen LogP contribution in [0.2, 0.25) is 0 Å². The zero-order valence-corrected chi connectivity index (χ0v) is 13.5. The first-order valence-corrected chi connectivity index (χ1v) is 8.01. The van der Waals surface area contributed by atoms with E-state index in [9.17, 15) is 4.79 Å². The molecule has 0 radical (unpaired) electrons. The molecule has 0 aliphatic heterocycles. The molecule has 0 fully saturated rings. The zero-order valence-electron chi connectivity index (χ0n) is 10.4. The Kier molecular flexibility index (Phi) is 9.32. The van der Waals surface area contributed by atoms with Gasteiger partial charge in [-0.15, -0.1) is 0 Å². The molecule has 2 nitrogen and oxygen atoms in total. The van der Waals surface area contributed by atoms with Gasteiger partial charge >= 0.3 is 0 Å². The van der Waals surface area contributed by atoms with E-state index in [0.29, 0.717) is 20.8 Å². The van der Waals surface area contributed by atoms with E-state index in [1.54, 1.807) is 18.7 Å². The summed E-state index contributed by atoms with van der Waals surface area (Å²) >= 11 is 14.9. The maximum absolute atomic E-state index is 11.6. The van der Waals surface area contributed by atoms with E-state index in [2.05, 4.69) is 5.32 Å².